The lowest BCUT2D eigenvalue weighted by Crippen LogP contribution is -2.12. The third-order valence-corrected chi connectivity index (χ3v) is 3.92. The van der Waals surface area contributed by atoms with Crippen molar-refractivity contribution in [1.29, 1.82) is 0 Å². The SMILES string of the molecule is CNc1onc2c1C(c1ccc(NC(C)=O)cc1)CCC2. The standard InChI is InChI=1S/C16H19N3O2/c1-10(20)18-12-8-6-11(7-9-12)13-4-3-5-14-15(13)16(17-2)21-19-14/h6-9,13,17H,3-5H2,1-2H3,(H,18,20). The highest BCUT2D eigenvalue weighted by molar-refractivity contribution is 5.88. The number of amides is 1. The van der Waals surface area contributed by atoms with Crippen molar-refractivity contribution >= 4 is 17.5 Å². The van der Waals surface area contributed by atoms with Crippen LogP contribution >= 0.6 is 0 Å². The first kappa shape index (κ1) is 13.7. The van der Waals surface area contributed by atoms with Crippen LogP contribution in [-0.2, 0) is 11.2 Å². The van der Waals surface area contributed by atoms with Crippen molar-refractivity contribution in [3.05, 3.63) is 41.1 Å². The summed E-state index contributed by atoms with van der Waals surface area (Å²) in [6, 6.07) is 8.02. The highest BCUT2D eigenvalue weighted by atomic mass is 16.5. The van der Waals surface area contributed by atoms with E-state index in [9.17, 15) is 4.79 Å². The summed E-state index contributed by atoms with van der Waals surface area (Å²) in [4.78, 5) is 11.1. The number of hydrogen-bond acceptors (Lipinski definition) is 4. The number of aromatic nitrogens is 1. The quantitative estimate of drug-likeness (QED) is 0.909. The first-order chi connectivity index (χ1) is 10.2. The maximum Gasteiger partial charge on any atom is 0.228 e. The van der Waals surface area contributed by atoms with Crippen molar-refractivity contribution in [2.24, 2.45) is 0 Å². The Hall–Kier alpha value is -2.30. The van der Waals surface area contributed by atoms with Gasteiger partial charge in [-0.05, 0) is 37.0 Å². The van der Waals surface area contributed by atoms with Gasteiger partial charge in [0.05, 0.1) is 5.69 Å². The molecule has 1 amide bonds. The number of hydrogen-bond donors (Lipinski definition) is 2. The fraction of sp³-hybridized carbons (Fsp3) is 0.375. The van der Waals surface area contributed by atoms with Gasteiger partial charge in [-0.2, -0.15) is 0 Å². The maximum atomic E-state index is 11.1. The number of carbonyl (C=O) groups excluding carboxylic acids is 1. The lowest BCUT2D eigenvalue weighted by molar-refractivity contribution is -0.114. The number of nitrogens with zero attached hydrogens (tertiary/aromatic N) is 1. The van der Waals surface area contributed by atoms with Crippen LogP contribution < -0.4 is 10.6 Å². The Bertz CT molecular complexity index is 633. The van der Waals surface area contributed by atoms with Crippen molar-refractivity contribution in [3.8, 4) is 0 Å². The summed E-state index contributed by atoms with van der Waals surface area (Å²) >= 11 is 0. The lowest BCUT2D eigenvalue weighted by Gasteiger charge is -2.22. The summed E-state index contributed by atoms with van der Waals surface area (Å²) < 4.78 is 5.38. The van der Waals surface area contributed by atoms with Crippen LogP contribution in [0.15, 0.2) is 28.8 Å². The van der Waals surface area contributed by atoms with E-state index in [0.717, 1.165) is 36.5 Å². The van der Waals surface area contributed by atoms with Crippen LogP contribution in [-0.4, -0.2) is 18.1 Å². The molecule has 1 atom stereocenters. The second kappa shape index (κ2) is 5.60. The first-order valence-corrected chi connectivity index (χ1v) is 7.22. The van der Waals surface area contributed by atoms with Gasteiger partial charge in [0.1, 0.15) is 0 Å². The molecule has 5 heteroatoms. The Morgan fingerprint density at radius 3 is 2.76 bits per heavy atom. The van der Waals surface area contributed by atoms with E-state index >= 15 is 0 Å². The molecule has 0 bridgehead atoms. The van der Waals surface area contributed by atoms with Crippen molar-refractivity contribution in [1.82, 2.24) is 5.16 Å². The molecule has 1 aromatic heterocycles. The lowest BCUT2D eigenvalue weighted by atomic mass is 9.81. The van der Waals surface area contributed by atoms with E-state index < -0.39 is 0 Å². The molecule has 2 N–H and O–H groups in total. The van der Waals surface area contributed by atoms with E-state index in [4.69, 9.17) is 4.52 Å². The zero-order valence-corrected chi connectivity index (χ0v) is 12.3. The number of rotatable bonds is 3. The average molecular weight is 285 g/mol. The molecule has 5 nitrogen and oxygen atoms in total. The van der Waals surface area contributed by atoms with Crippen LogP contribution in [0.1, 0.15) is 42.5 Å². The van der Waals surface area contributed by atoms with Crippen LogP contribution in [0.2, 0.25) is 0 Å². The molecule has 1 heterocycles. The zero-order chi connectivity index (χ0) is 14.8. The molecule has 0 aliphatic heterocycles. The highest BCUT2D eigenvalue weighted by Crippen LogP contribution is 2.40. The molecule has 0 spiro atoms. The van der Waals surface area contributed by atoms with E-state index in [1.807, 2.05) is 19.2 Å². The summed E-state index contributed by atoms with van der Waals surface area (Å²) in [5.41, 5.74) is 4.28. The second-order valence-electron chi connectivity index (χ2n) is 5.37. The topological polar surface area (TPSA) is 67.2 Å². The van der Waals surface area contributed by atoms with Crippen LogP contribution in [0.5, 0.6) is 0 Å². The van der Waals surface area contributed by atoms with E-state index in [1.54, 1.807) is 0 Å². The molecule has 0 fully saturated rings. The normalized spacial score (nSPS) is 17.1. The van der Waals surface area contributed by atoms with Crippen LogP contribution in [0, 0.1) is 0 Å². The summed E-state index contributed by atoms with van der Waals surface area (Å²) in [7, 11) is 1.85. The van der Waals surface area contributed by atoms with Crippen molar-refractivity contribution in [3.63, 3.8) is 0 Å². The molecule has 0 saturated heterocycles. The number of nitrogens with one attached hydrogen (secondary N) is 2. The maximum absolute atomic E-state index is 11.1. The number of fused-ring (bicyclic) bond motifs is 1. The van der Waals surface area contributed by atoms with Crippen LogP contribution in [0.3, 0.4) is 0 Å². The monoisotopic (exact) mass is 285 g/mol. The molecule has 1 aliphatic carbocycles. The molecule has 21 heavy (non-hydrogen) atoms. The van der Waals surface area contributed by atoms with Gasteiger partial charge >= 0.3 is 0 Å². The summed E-state index contributed by atoms with van der Waals surface area (Å²) in [5, 5.41) is 10.0. The number of aryl methyl sites for hydroxylation is 1. The highest BCUT2D eigenvalue weighted by Gasteiger charge is 2.28. The zero-order valence-electron chi connectivity index (χ0n) is 12.3. The van der Waals surface area contributed by atoms with Gasteiger partial charge in [0.15, 0.2) is 0 Å². The first-order valence-electron chi connectivity index (χ1n) is 7.22. The molecule has 1 aliphatic rings. The largest absolute Gasteiger partial charge is 0.357 e. The number of anilines is 2. The molecule has 1 aromatic carbocycles. The van der Waals surface area contributed by atoms with Crippen molar-refractivity contribution < 1.29 is 9.32 Å². The average Bonchev–Trinajstić information content (AvgIpc) is 2.90. The Morgan fingerprint density at radius 1 is 1.33 bits per heavy atom. The number of carbonyl (C=O) groups is 1. The van der Waals surface area contributed by atoms with E-state index in [0.29, 0.717) is 5.92 Å². The molecular weight excluding hydrogens is 266 g/mol. The Labute approximate surface area is 123 Å². The fourth-order valence-corrected chi connectivity index (χ4v) is 3.00. The van der Waals surface area contributed by atoms with E-state index in [2.05, 4.69) is 27.9 Å². The summed E-state index contributed by atoms with van der Waals surface area (Å²) in [6.45, 7) is 1.51. The van der Waals surface area contributed by atoms with Gasteiger partial charge in [-0.15, -0.1) is 0 Å². The Kier molecular flexibility index (Phi) is 3.64. The molecule has 110 valence electrons. The smallest absolute Gasteiger partial charge is 0.228 e. The predicted molar refractivity (Wildman–Crippen MR) is 81.6 cm³/mol. The summed E-state index contributed by atoms with van der Waals surface area (Å²) in [5.74, 6) is 1.01. The van der Waals surface area contributed by atoms with E-state index in [1.165, 1.54) is 18.1 Å². The Balaban J connectivity index is 1.91. The third kappa shape index (κ3) is 2.63. The van der Waals surface area contributed by atoms with Gasteiger partial charge in [0.25, 0.3) is 0 Å². The van der Waals surface area contributed by atoms with Crippen molar-refractivity contribution in [2.45, 2.75) is 32.1 Å². The number of benzene rings is 1. The van der Waals surface area contributed by atoms with Gasteiger partial charge in [-0.1, -0.05) is 17.3 Å². The minimum absolute atomic E-state index is 0.0563. The van der Waals surface area contributed by atoms with Gasteiger partial charge in [-0.25, -0.2) is 0 Å². The van der Waals surface area contributed by atoms with Gasteiger partial charge in [0.2, 0.25) is 11.8 Å². The molecule has 2 aromatic rings. The third-order valence-electron chi connectivity index (χ3n) is 3.92. The van der Waals surface area contributed by atoms with Crippen LogP contribution in [0.25, 0.3) is 0 Å². The molecule has 0 radical (unpaired) electrons. The molecule has 3 rings (SSSR count). The van der Waals surface area contributed by atoms with Gasteiger partial charge < -0.3 is 15.2 Å². The molecule has 0 saturated carbocycles. The van der Waals surface area contributed by atoms with E-state index in [-0.39, 0.29) is 5.91 Å². The minimum Gasteiger partial charge on any atom is -0.357 e. The minimum atomic E-state index is -0.0563. The fourth-order valence-electron chi connectivity index (χ4n) is 3.00. The van der Waals surface area contributed by atoms with Gasteiger partial charge in [-0.3, -0.25) is 4.79 Å². The summed E-state index contributed by atoms with van der Waals surface area (Å²) in [6.07, 6.45) is 3.17. The second-order valence-corrected chi connectivity index (χ2v) is 5.37. The Morgan fingerprint density at radius 2 is 2.10 bits per heavy atom. The predicted octanol–water partition coefficient (Wildman–Crippen LogP) is 3.14. The molecule has 1 unspecified atom stereocenters. The van der Waals surface area contributed by atoms with Crippen molar-refractivity contribution in [2.75, 3.05) is 17.7 Å². The van der Waals surface area contributed by atoms with Crippen LogP contribution in [0.4, 0.5) is 11.6 Å². The molecular formula is C16H19N3O2. The van der Waals surface area contributed by atoms with Gasteiger partial charge in [0, 0.05) is 31.1 Å².